The first-order valence-corrected chi connectivity index (χ1v) is 7.54. The molecule has 0 saturated carbocycles. The van der Waals surface area contributed by atoms with Crippen molar-refractivity contribution in [3.05, 3.63) is 59.8 Å². The zero-order chi connectivity index (χ0) is 15.4. The summed E-state index contributed by atoms with van der Waals surface area (Å²) in [4.78, 5) is 12.0. The van der Waals surface area contributed by atoms with Crippen LogP contribution in [-0.4, -0.2) is 16.1 Å². The fourth-order valence-electron chi connectivity index (χ4n) is 3.47. The van der Waals surface area contributed by atoms with Gasteiger partial charge in [0.1, 0.15) is 17.0 Å². The molecule has 0 fully saturated rings. The number of nitrogens with one attached hydrogen (secondary N) is 2. The van der Waals surface area contributed by atoms with Crippen molar-refractivity contribution < 1.29 is 9.21 Å². The van der Waals surface area contributed by atoms with Crippen molar-refractivity contribution in [2.45, 2.75) is 12.3 Å². The van der Waals surface area contributed by atoms with E-state index in [1.807, 2.05) is 30.3 Å². The Morgan fingerprint density at radius 1 is 1.04 bits per heavy atom. The van der Waals surface area contributed by atoms with Gasteiger partial charge in [-0.15, -0.1) is 0 Å². The summed E-state index contributed by atoms with van der Waals surface area (Å²) in [5, 5.41) is 11.9. The highest BCUT2D eigenvalue weighted by molar-refractivity contribution is 6.06. The van der Waals surface area contributed by atoms with E-state index in [1.54, 1.807) is 6.20 Å². The summed E-state index contributed by atoms with van der Waals surface area (Å²) in [6, 6.07) is 14.1. The zero-order valence-electron chi connectivity index (χ0n) is 12.2. The highest BCUT2D eigenvalue weighted by atomic mass is 16.3. The van der Waals surface area contributed by atoms with E-state index < -0.39 is 0 Å². The third-order valence-electron chi connectivity index (χ3n) is 4.51. The molecule has 1 unspecified atom stereocenters. The van der Waals surface area contributed by atoms with Gasteiger partial charge in [0.25, 0.3) is 0 Å². The maximum atomic E-state index is 12.0. The van der Waals surface area contributed by atoms with Gasteiger partial charge < -0.3 is 9.73 Å². The first kappa shape index (κ1) is 12.5. The Morgan fingerprint density at radius 2 is 1.91 bits per heavy atom. The van der Waals surface area contributed by atoms with Gasteiger partial charge in [-0.3, -0.25) is 9.89 Å². The average molecular weight is 303 g/mol. The zero-order valence-corrected chi connectivity index (χ0v) is 12.2. The van der Waals surface area contributed by atoms with E-state index in [4.69, 9.17) is 4.42 Å². The number of aromatic amines is 1. The molecule has 1 aliphatic heterocycles. The summed E-state index contributed by atoms with van der Waals surface area (Å²) in [6.45, 7) is 0. The van der Waals surface area contributed by atoms with E-state index >= 15 is 0 Å². The molecule has 1 atom stereocenters. The minimum Gasteiger partial charge on any atom is -0.456 e. The second kappa shape index (κ2) is 4.46. The number of para-hydroxylation sites is 2. The molecule has 112 valence electrons. The molecule has 4 aromatic rings. The average Bonchev–Trinajstić information content (AvgIpc) is 3.17. The number of nitrogens with zero attached hydrogens (tertiary/aromatic N) is 1. The summed E-state index contributed by atoms with van der Waals surface area (Å²) in [7, 11) is 0. The van der Waals surface area contributed by atoms with Gasteiger partial charge in [-0.05, 0) is 6.07 Å². The van der Waals surface area contributed by atoms with Gasteiger partial charge in [-0.1, -0.05) is 36.4 Å². The number of carbonyl (C=O) groups is 1. The number of rotatable bonds is 1. The second-order valence-electron chi connectivity index (χ2n) is 5.83. The summed E-state index contributed by atoms with van der Waals surface area (Å²) in [5.41, 5.74) is 3.73. The van der Waals surface area contributed by atoms with Crippen LogP contribution in [-0.2, 0) is 4.79 Å². The lowest BCUT2D eigenvalue weighted by atomic mass is 9.86. The number of carbonyl (C=O) groups excluding carboxylic acids is 1. The van der Waals surface area contributed by atoms with Crippen LogP contribution in [0.1, 0.15) is 23.5 Å². The highest BCUT2D eigenvalue weighted by Gasteiger charge is 2.30. The number of amides is 1. The lowest BCUT2D eigenvalue weighted by Gasteiger charge is -2.22. The van der Waals surface area contributed by atoms with Crippen molar-refractivity contribution in [3.63, 3.8) is 0 Å². The fraction of sp³-hybridized carbons (Fsp3) is 0.111. The maximum absolute atomic E-state index is 12.0. The summed E-state index contributed by atoms with van der Waals surface area (Å²) in [6.07, 6.45) is 2.17. The van der Waals surface area contributed by atoms with Crippen molar-refractivity contribution in [2.75, 3.05) is 5.32 Å². The van der Waals surface area contributed by atoms with Crippen molar-refractivity contribution in [2.24, 2.45) is 0 Å². The molecule has 0 bridgehead atoms. The Labute approximate surface area is 131 Å². The van der Waals surface area contributed by atoms with Gasteiger partial charge >= 0.3 is 0 Å². The number of aromatic nitrogens is 2. The lowest BCUT2D eigenvalue weighted by Crippen LogP contribution is -2.23. The number of benzene rings is 2. The molecule has 5 heteroatoms. The number of anilines is 1. The topological polar surface area (TPSA) is 70.9 Å². The quantitative estimate of drug-likeness (QED) is 0.562. The molecule has 23 heavy (non-hydrogen) atoms. The molecular formula is C18H13N3O2. The van der Waals surface area contributed by atoms with Gasteiger partial charge in [-0.2, -0.15) is 5.10 Å². The van der Waals surface area contributed by atoms with Gasteiger partial charge in [-0.25, -0.2) is 0 Å². The Kier molecular flexibility index (Phi) is 2.42. The number of hydrogen-bond donors (Lipinski definition) is 2. The predicted octanol–water partition coefficient (Wildman–Crippen LogP) is 3.78. The predicted molar refractivity (Wildman–Crippen MR) is 87.4 cm³/mol. The highest BCUT2D eigenvalue weighted by Crippen LogP contribution is 2.41. The largest absolute Gasteiger partial charge is 0.456 e. The number of fused-ring (bicyclic) bond motifs is 4. The van der Waals surface area contributed by atoms with Crippen LogP contribution in [0.4, 0.5) is 5.82 Å². The van der Waals surface area contributed by atoms with Crippen LogP contribution in [0.25, 0.3) is 21.9 Å². The van der Waals surface area contributed by atoms with E-state index in [-0.39, 0.29) is 11.8 Å². The van der Waals surface area contributed by atoms with Gasteiger partial charge in [0.2, 0.25) is 5.91 Å². The van der Waals surface area contributed by atoms with Crippen LogP contribution in [0.15, 0.2) is 53.1 Å². The Bertz CT molecular complexity index is 1060. The summed E-state index contributed by atoms with van der Waals surface area (Å²) < 4.78 is 6.10. The van der Waals surface area contributed by atoms with E-state index in [1.165, 1.54) is 0 Å². The molecule has 5 nitrogen and oxygen atoms in total. The SMILES string of the molecule is O=C1CC(c2cccc3c2oc2ccccc23)c2cn[nH]c2N1. The standard InChI is InChI=1S/C18H13N3O2/c22-16-8-13(14-9-19-21-18(14)20-16)12-6-3-5-11-10-4-1-2-7-15(10)23-17(11)12/h1-7,9,13H,8H2,(H2,19,20,21,22). The van der Waals surface area contributed by atoms with Crippen LogP contribution < -0.4 is 5.32 Å². The molecule has 2 N–H and O–H groups in total. The number of hydrogen-bond acceptors (Lipinski definition) is 3. The smallest absolute Gasteiger partial charge is 0.226 e. The van der Waals surface area contributed by atoms with E-state index in [0.29, 0.717) is 12.2 Å². The first-order valence-electron chi connectivity index (χ1n) is 7.54. The molecule has 0 saturated heterocycles. The lowest BCUT2D eigenvalue weighted by molar-refractivity contribution is -0.116. The molecule has 0 spiro atoms. The molecule has 1 amide bonds. The van der Waals surface area contributed by atoms with Gasteiger partial charge in [0.05, 0.1) is 6.20 Å². The van der Waals surface area contributed by atoms with Gasteiger partial charge in [0.15, 0.2) is 0 Å². The number of furan rings is 1. The van der Waals surface area contributed by atoms with Crippen molar-refractivity contribution in [1.82, 2.24) is 10.2 Å². The Hall–Kier alpha value is -3.08. The molecule has 2 aromatic heterocycles. The first-order chi connectivity index (χ1) is 11.3. The molecular weight excluding hydrogens is 290 g/mol. The van der Waals surface area contributed by atoms with Gasteiger partial charge in [0, 0.05) is 34.2 Å². The molecule has 5 rings (SSSR count). The molecule has 3 heterocycles. The molecule has 1 aliphatic rings. The van der Waals surface area contributed by atoms with Crippen molar-refractivity contribution in [1.29, 1.82) is 0 Å². The van der Waals surface area contributed by atoms with Crippen LogP contribution in [0, 0.1) is 0 Å². The maximum Gasteiger partial charge on any atom is 0.226 e. The minimum atomic E-state index is -0.0539. The summed E-state index contributed by atoms with van der Waals surface area (Å²) in [5.74, 6) is 0.612. The van der Waals surface area contributed by atoms with Crippen LogP contribution in [0.5, 0.6) is 0 Å². The van der Waals surface area contributed by atoms with Crippen molar-refractivity contribution in [3.8, 4) is 0 Å². The normalized spacial score (nSPS) is 17.4. The minimum absolute atomic E-state index is 0.0140. The molecule has 2 aromatic carbocycles. The summed E-state index contributed by atoms with van der Waals surface area (Å²) >= 11 is 0. The van der Waals surface area contributed by atoms with Crippen LogP contribution in [0.3, 0.4) is 0 Å². The molecule has 0 radical (unpaired) electrons. The van der Waals surface area contributed by atoms with Crippen molar-refractivity contribution >= 4 is 33.7 Å². The Balaban J connectivity index is 1.80. The third-order valence-corrected chi connectivity index (χ3v) is 4.51. The van der Waals surface area contributed by atoms with Crippen LogP contribution in [0.2, 0.25) is 0 Å². The van der Waals surface area contributed by atoms with E-state index in [2.05, 4.69) is 27.6 Å². The second-order valence-corrected chi connectivity index (χ2v) is 5.83. The monoisotopic (exact) mass is 303 g/mol. The van der Waals surface area contributed by atoms with Crippen LogP contribution >= 0.6 is 0 Å². The third kappa shape index (κ3) is 1.73. The van der Waals surface area contributed by atoms with E-state index in [0.717, 1.165) is 33.1 Å². The molecule has 0 aliphatic carbocycles. The number of H-pyrrole nitrogens is 1. The van der Waals surface area contributed by atoms with E-state index in [9.17, 15) is 4.79 Å². The fourth-order valence-corrected chi connectivity index (χ4v) is 3.47. The Morgan fingerprint density at radius 3 is 2.87 bits per heavy atom.